The second-order valence-corrected chi connectivity index (χ2v) is 11.4. The van der Waals surface area contributed by atoms with E-state index in [1.807, 2.05) is 32.9 Å². The summed E-state index contributed by atoms with van der Waals surface area (Å²) in [7, 11) is 0. The molecule has 5 rings (SSSR count). The SMILES string of the molecule is CCOc1ccc(C2/C(=C(\O)c3cc(C)ccc3C)C(=O)C(=O)N2c2nnc(SCc3ccc(F)cc3)s2)cc1. The van der Waals surface area contributed by atoms with Gasteiger partial charge in [-0.3, -0.25) is 14.5 Å². The molecule has 0 aliphatic carbocycles. The molecule has 0 radical (unpaired) electrons. The molecule has 1 N–H and O–H groups in total. The molecule has 1 saturated heterocycles. The number of ether oxygens (including phenoxy) is 1. The Hall–Kier alpha value is -4.02. The van der Waals surface area contributed by atoms with Crippen LogP contribution in [0.4, 0.5) is 9.52 Å². The highest BCUT2D eigenvalue weighted by Crippen LogP contribution is 2.44. The molecule has 0 spiro atoms. The quantitative estimate of drug-likeness (QED) is 0.0831. The molecular formula is C30H26FN3O4S2. The molecule has 1 atom stereocenters. The fourth-order valence-electron chi connectivity index (χ4n) is 4.48. The standard InChI is InChI=1S/C30H26FN3O4S2/c1-4-38-22-13-9-20(10-14-22)25-24(26(35)23-15-17(2)5-6-18(23)3)27(36)28(37)34(25)29-32-33-30(40-29)39-16-19-7-11-21(31)12-8-19/h5-15,25,35H,4,16H2,1-3H3/b26-24+. The lowest BCUT2D eigenvalue weighted by atomic mass is 9.93. The maximum atomic E-state index is 13.5. The van der Waals surface area contributed by atoms with Crippen molar-refractivity contribution in [3.8, 4) is 5.75 Å². The minimum absolute atomic E-state index is 0.0152. The zero-order valence-electron chi connectivity index (χ0n) is 22.1. The number of nitrogens with zero attached hydrogens (tertiary/aromatic N) is 3. The summed E-state index contributed by atoms with van der Waals surface area (Å²) in [5, 5.41) is 20.2. The van der Waals surface area contributed by atoms with Crippen molar-refractivity contribution < 1.29 is 23.8 Å². The lowest BCUT2D eigenvalue weighted by Crippen LogP contribution is -2.29. The van der Waals surface area contributed by atoms with E-state index in [1.54, 1.807) is 42.5 Å². The van der Waals surface area contributed by atoms with Crippen LogP contribution in [-0.4, -0.2) is 33.6 Å². The molecule has 204 valence electrons. The van der Waals surface area contributed by atoms with Crippen LogP contribution in [0.1, 0.15) is 40.8 Å². The van der Waals surface area contributed by atoms with E-state index in [2.05, 4.69) is 10.2 Å². The number of aliphatic hydroxyl groups excluding tert-OH is 1. The fraction of sp³-hybridized carbons (Fsp3) is 0.200. The van der Waals surface area contributed by atoms with Gasteiger partial charge < -0.3 is 9.84 Å². The van der Waals surface area contributed by atoms with Gasteiger partial charge in [-0.15, -0.1) is 10.2 Å². The highest BCUT2D eigenvalue weighted by Gasteiger charge is 2.48. The fourth-order valence-corrected chi connectivity index (χ4v) is 6.30. The van der Waals surface area contributed by atoms with E-state index in [1.165, 1.54) is 40.1 Å². The van der Waals surface area contributed by atoms with Gasteiger partial charge in [0.1, 0.15) is 17.3 Å². The van der Waals surface area contributed by atoms with Crippen molar-refractivity contribution in [3.63, 3.8) is 0 Å². The van der Waals surface area contributed by atoms with Crippen LogP contribution >= 0.6 is 23.1 Å². The minimum atomic E-state index is -0.918. The van der Waals surface area contributed by atoms with Crippen LogP contribution in [0, 0.1) is 19.7 Å². The van der Waals surface area contributed by atoms with Gasteiger partial charge in [0.15, 0.2) is 4.34 Å². The number of aryl methyl sites for hydroxylation is 2. The average Bonchev–Trinajstić information content (AvgIpc) is 3.52. The van der Waals surface area contributed by atoms with Gasteiger partial charge >= 0.3 is 5.91 Å². The van der Waals surface area contributed by atoms with Crippen molar-refractivity contribution in [3.05, 3.63) is 106 Å². The number of thioether (sulfide) groups is 1. The molecule has 2 heterocycles. The summed E-state index contributed by atoms with van der Waals surface area (Å²) in [6, 6.07) is 17.9. The number of carbonyl (C=O) groups excluding carboxylic acids is 2. The van der Waals surface area contributed by atoms with Gasteiger partial charge in [-0.1, -0.05) is 65.1 Å². The monoisotopic (exact) mass is 575 g/mol. The van der Waals surface area contributed by atoms with E-state index < -0.39 is 17.7 Å². The van der Waals surface area contributed by atoms with Crippen LogP contribution < -0.4 is 9.64 Å². The Morgan fingerprint density at radius 3 is 2.48 bits per heavy atom. The molecule has 40 heavy (non-hydrogen) atoms. The first-order valence-electron chi connectivity index (χ1n) is 12.6. The van der Waals surface area contributed by atoms with Crippen LogP contribution in [0.2, 0.25) is 0 Å². The average molecular weight is 576 g/mol. The third kappa shape index (κ3) is 5.50. The number of benzene rings is 3. The lowest BCUT2D eigenvalue weighted by molar-refractivity contribution is -0.132. The maximum absolute atomic E-state index is 13.5. The largest absolute Gasteiger partial charge is 0.507 e. The smallest absolute Gasteiger partial charge is 0.301 e. The van der Waals surface area contributed by atoms with Crippen molar-refractivity contribution in [1.29, 1.82) is 0 Å². The maximum Gasteiger partial charge on any atom is 0.301 e. The number of ketones is 1. The number of hydrogen-bond acceptors (Lipinski definition) is 8. The molecule has 7 nitrogen and oxygen atoms in total. The molecular weight excluding hydrogens is 549 g/mol. The Bertz CT molecular complexity index is 1600. The topological polar surface area (TPSA) is 92.6 Å². The number of aromatic nitrogens is 2. The molecule has 1 unspecified atom stereocenters. The summed E-state index contributed by atoms with van der Waals surface area (Å²) in [5.74, 6) is -0.963. The Kier molecular flexibility index (Phi) is 7.99. The van der Waals surface area contributed by atoms with Gasteiger partial charge in [-0.2, -0.15) is 0 Å². The second-order valence-electron chi connectivity index (χ2n) is 9.26. The Labute approximate surface area is 239 Å². The van der Waals surface area contributed by atoms with Crippen molar-refractivity contribution in [2.24, 2.45) is 0 Å². The predicted octanol–water partition coefficient (Wildman–Crippen LogP) is 6.61. The molecule has 1 aromatic heterocycles. The molecule has 1 amide bonds. The zero-order valence-corrected chi connectivity index (χ0v) is 23.7. The lowest BCUT2D eigenvalue weighted by Gasteiger charge is -2.23. The normalized spacial score (nSPS) is 16.5. The van der Waals surface area contributed by atoms with Gasteiger partial charge in [-0.25, -0.2) is 4.39 Å². The zero-order chi connectivity index (χ0) is 28.4. The van der Waals surface area contributed by atoms with Crippen molar-refractivity contribution >= 4 is 45.7 Å². The van der Waals surface area contributed by atoms with E-state index in [0.717, 1.165) is 16.7 Å². The molecule has 3 aromatic carbocycles. The number of anilines is 1. The predicted molar refractivity (Wildman–Crippen MR) is 154 cm³/mol. The highest BCUT2D eigenvalue weighted by atomic mass is 32.2. The van der Waals surface area contributed by atoms with Crippen LogP contribution in [0.25, 0.3) is 5.76 Å². The van der Waals surface area contributed by atoms with Crippen molar-refractivity contribution in [2.75, 3.05) is 11.5 Å². The van der Waals surface area contributed by atoms with E-state index in [-0.39, 0.29) is 22.3 Å². The van der Waals surface area contributed by atoms with Crippen molar-refractivity contribution in [2.45, 2.75) is 36.9 Å². The van der Waals surface area contributed by atoms with Crippen LogP contribution in [0.3, 0.4) is 0 Å². The summed E-state index contributed by atoms with van der Waals surface area (Å²) in [6.45, 7) is 6.11. The number of carbonyl (C=O) groups is 2. The first-order valence-corrected chi connectivity index (χ1v) is 14.4. The Morgan fingerprint density at radius 1 is 1.05 bits per heavy atom. The number of hydrogen-bond donors (Lipinski definition) is 1. The van der Waals surface area contributed by atoms with E-state index in [9.17, 15) is 19.1 Å². The third-order valence-corrected chi connectivity index (χ3v) is 8.60. The van der Waals surface area contributed by atoms with Gasteiger partial charge in [0.2, 0.25) is 5.13 Å². The molecule has 1 fully saturated rings. The van der Waals surface area contributed by atoms with Crippen LogP contribution in [0.15, 0.2) is 76.6 Å². The summed E-state index contributed by atoms with van der Waals surface area (Å²) in [5.41, 5.74) is 3.68. The first-order chi connectivity index (χ1) is 19.3. The molecule has 10 heteroatoms. The van der Waals surface area contributed by atoms with Crippen LogP contribution in [-0.2, 0) is 15.3 Å². The summed E-state index contributed by atoms with van der Waals surface area (Å²) >= 11 is 2.57. The minimum Gasteiger partial charge on any atom is -0.507 e. The van der Waals surface area contributed by atoms with Gasteiger partial charge in [0.05, 0.1) is 18.2 Å². The van der Waals surface area contributed by atoms with E-state index >= 15 is 0 Å². The second kappa shape index (κ2) is 11.6. The number of rotatable bonds is 8. The number of Topliss-reactive ketones (excluding diaryl/α,β-unsaturated/α-hetero) is 1. The molecule has 4 aromatic rings. The molecule has 1 aliphatic rings. The number of aliphatic hydroxyl groups is 1. The van der Waals surface area contributed by atoms with Gasteiger partial charge in [-0.05, 0) is 67.8 Å². The summed E-state index contributed by atoms with van der Waals surface area (Å²) in [6.07, 6.45) is 0. The number of halogens is 1. The van der Waals surface area contributed by atoms with Crippen LogP contribution in [0.5, 0.6) is 5.75 Å². The number of amides is 1. The van der Waals surface area contributed by atoms with Gasteiger partial charge in [0.25, 0.3) is 5.78 Å². The van der Waals surface area contributed by atoms with E-state index in [4.69, 9.17) is 4.74 Å². The third-order valence-electron chi connectivity index (χ3n) is 6.48. The summed E-state index contributed by atoms with van der Waals surface area (Å²) in [4.78, 5) is 28.3. The summed E-state index contributed by atoms with van der Waals surface area (Å²) < 4.78 is 19.4. The van der Waals surface area contributed by atoms with Gasteiger partial charge in [0, 0.05) is 11.3 Å². The Balaban J connectivity index is 1.55. The Morgan fingerprint density at radius 2 is 1.77 bits per heavy atom. The van der Waals surface area contributed by atoms with E-state index in [0.29, 0.717) is 33.6 Å². The molecule has 0 saturated carbocycles. The van der Waals surface area contributed by atoms with Crippen molar-refractivity contribution in [1.82, 2.24) is 10.2 Å². The molecule has 1 aliphatic heterocycles. The molecule has 0 bridgehead atoms. The highest BCUT2D eigenvalue weighted by molar-refractivity contribution is 8.00. The first kappa shape index (κ1) is 27.5.